The van der Waals surface area contributed by atoms with Gasteiger partial charge in [0.05, 0.1) is 23.7 Å². The maximum absolute atomic E-state index is 13.4. The lowest BCUT2D eigenvalue weighted by atomic mass is 9.83. The Hall–Kier alpha value is -2.94. The van der Waals surface area contributed by atoms with Crippen LogP contribution in [-0.4, -0.2) is 41.9 Å². The number of hydrogen-bond acceptors (Lipinski definition) is 4. The molecular formula is C23H26FN3O4S. The van der Waals surface area contributed by atoms with Crippen molar-refractivity contribution in [1.82, 2.24) is 9.61 Å². The zero-order chi connectivity index (χ0) is 23.0. The van der Waals surface area contributed by atoms with Gasteiger partial charge >= 0.3 is 5.97 Å². The number of nitrogens with zero attached hydrogens (tertiary/aromatic N) is 3. The number of sulfonamides is 1. The average Bonchev–Trinajstić information content (AvgIpc) is 3.12. The molecule has 0 unspecified atom stereocenters. The summed E-state index contributed by atoms with van der Waals surface area (Å²) in [7, 11) is -3.54. The molecule has 0 radical (unpaired) electrons. The molecule has 0 amide bonds. The van der Waals surface area contributed by atoms with Crippen LogP contribution in [0, 0.1) is 5.82 Å². The molecule has 0 saturated heterocycles. The van der Waals surface area contributed by atoms with E-state index in [4.69, 9.17) is 0 Å². The Morgan fingerprint density at radius 2 is 1.88 bits per heavy atom. The fourth-order valence-corrected chi connectivity index (χ4v) is 5.63. The number of halogens is 1. The number of rotatable bonds is 6. The summed E-state index contributed by atoms with van der Waals surface area (Å²) in [5, 5.41) is 14.5. The van der Waals surface area contributed by atoms with Crippen LogP contribution >= 0.6 is 0 Å². The second-order valence-corrected chi connectivity index (χ2v) is 10.1. The third kappa shape index (κ3) is 4.09. The molecule has 0 spiro atoms. The van der Waals surface area contributed by atoms with Crippen molar-refractivity contribution in [2.45, 2.75) is 44.9 Å². The van der Waals surface area contributed by atoms with Crippen LogP contribution in [0.2, 0.25) is 0 Å². The number of aromatic carboxylic acids is 1. The minimum Gasteiger partial charge on any atom is -0.478 e. The predicted octanol–water partition coefficient (Wildman–Crippen LogP) is 4.67. The second kappa shape index (κ2) is 8.54. The van der Waals surface area contributed by atoms with Gasteiger partial charge in [-0.1, -0.05) is 19.3 Å². The third-order valence-corrected chi connectivity index (χ3v) is 7.37. The lowest BCUT2D eigenvalue weighted by Crippen LogP contribution is -2.31. The first-order chi connectivity index (χ1) is 15.2. The van der Waals surface area contributed by atoms with Crippen LogP contribution in [0.4, 0.5) is 10.1 Å². The fraction of sp³-hybridized carbons (Fsp3) is 0.391. The smallest absolute Gasteiger partial charge is 0.340 e. The van der Waals surface area contributed by atoms with E-state index in [0.29, 0.717) is 16.8 Å². The van der Waals surface area contributed by atoms with E-state index in [0.717, 1.165) is 37.7 Å². The highest BCUT2D eigenvalue weighted by Crippen LogP contribution is 2.40. The summed E-state index contributed by atoms with van der Waals surface area (Å²) < 4.78 is 41.3. The lowest BCUT2D eigenvalue weighted by molar-refractivity contribution is 0.0699. The van der Waals surface area contributed by atoms with E-state index in [9.17, 15) is 22.7 Å². The van der Waals surface area contributed by atoms with E-state index in [1.54, 1.807) is 19.2 Å². The van der Waals surface area contributed by atoms with Gasteiger partial charge in [-0.15, -0.1) is 0 Å². The number of fused-ring (bicyclic) bond motifs is 1. The first-order valence-corrected chi connectivity index (χ1v) is 12.6. The van der Waals surface area contributed by atoms with Gasteiger partial charge in [0.1, 0.15) is 17.1 Å². The van der Waals surface area contributed by atoms with Gasteiger partial charge in [-0.05, 0) is 61.6 Å². The lowest BCUT2D eigenvalue weighted by Gasteiger charge is -2.29. The van der Waals surface area contributed by atoms with Gasteiger partial charge in [0.2, 0.25) is 10.0 Å². The average molecular weight is 460 g/mol. The minimum absolute atomic E-state index is 0.0163. The van der Waals surface area contributed by atoms with E-state index in [-0.39, 0.29) is 23.7 Å². The Morgan fingerprint density at radius 1 is 1.22 bits per heavy atom. The first-order valence-electron chi connectivity index (χ1n) is 10.7. The molecule has 32 heavy (non-hydrogen) atoms. The van der Waals surface area contributed by atoms with Crippen LogP contribution in [0.25, 0.3) is 16.8 Å². The van der Waals surface area contributed by atoms with Crippen molar-refractivity contribution < 1.29 is 22.7 Å². The molecule has 0 aliphatic heterocycles. The molecule has 1 aliphatic carbocycles. The van der Waals surface area contributed by atoms with Crippen molar-refractivity contribution in [2.75, 3.05) is 17.1 Å². The summed E-state index contributed by atoms with van der Waals surface area (Å²) in [6.45, 7) is 2.02. The Bertz CT molecular complexity index is 1260. The summed E-state index contributed by atoms with van der Waals surface area (Å²) in [6, 6.07) is 7.27. The van der Waals surface area contributed by atoms with Gasteiger partial charge < -0.3 is 5.11 Å². The summed E-state index contributed by atoms with van der Waals surface area (Å²) in [5.41, 5.74) is 2.46. The zero-order valence-corrected chi connectivity index (χ0v) is 18.9. The number of aromatic nitrogens is 2. The molecule has 1 saturated carbocycles. The molecule has 170 valence electrons. The minimum atomic E-state index is -3.54. The van der Waals surface area contributed by atoms with E-state index in [1.165, 1.54) is 39.3 Å². The van der Waals surface area contributed by atoms with Crippen molar-refractivity contribution in [1.29, 1.82) is 0 Å². The van der Waals surface area contributed by atoms with Crippen molar-refractivity contribution in [2.24, 2.45) is 0 Å². The molecule has 2 heterocycles. The molecule has 1 fully saturated rings. The van der Waals surface area contributed by atoms with Crippen LogP contribution in [0.5, 0.6) is 0 Å². The molecule has 1 N–H and O–H groups in total. The van der Waals surface area contributed by atoms with Crippen molar-refractivity contribution in [3.63, 3.8) is 0 Å². The molecule has 9 heteroatoms. The predicted molar refractivity (Wildman–Crippen MR) is 121 cm³/mol. The second-order valence-electron chi connectivity index (χ2n) is 8.24. The molecule has 3 aromatic rings. The third-order valence-electron chi connectivity index (χ3n) is 6.11. The van der Waals surface area contributed by atoms with Gasteiger partial charge in [-0.25, -0.2) is 22.1 Å². The van der Waals surface area contributed by atoms with Crippen LogP contribution in [-0.2, 0) is 10.0 Å². The van der Waals surface area contributed by atoms with Crippen LogP contribution in [0.3, 0.4) is 0 Å². The molecule has 4 rings (SSSR count). The molecular weight excluding hydrogens is 433 g/mol. The van der Waals surface area contributed by atoms with Crippen LogP contribution < -0.4 is 4.31 Å². The van der Waals surface area contributed by atoms with E-state index in [1.807, 2.05) is 0 Å². The number of carboxylic acid groups (broad SMARTS) is 1. The molecule has 1 aliphatic rings. The van der Waals surface area contributed by atoms with Gasteiger partial charge in [-0.2, -0.15) is 5.10 Å². The SMILES string of the molecule is CCN(c1cn2nc(-c3ccc(F)cc3)c(C(=O)O)c2cc1C1CCCCC1)S(C)(=O)=O. The molecule has 1 aromatic carbocycles. The molecule has 0 atom stereocenters. The Kier molecular flexibility index (Phi) is 5.94. The van der Waals surface area contributed by atoms with E-state index >= 15 is 0 Å². The summed E-state index contributed by atoms with van der Waals surface area (Å²) >= 11 is 0. The molecule has 7 nitrogen and oxygen atoms in total. The van der Waals surface area contributed by atoms with Gasteiger partial charge in [0, 0.05) is 12.1 Å². The van der Waals surface area contributed by atoms with Gasteiger partial charge in [-0.3, -0.25) is 4.31 Å². The number of pyridine rings is 1. The zero-order valence-electron chi connectivity index (χ0n) is 18.1. The van der Waals surface area contributed by atoms with Crippen LogP contribution in [0.15, 0.2) is 36.5 Å². The van der Waals surface area contributed by atoms with Crippen LogP contribution in [0.1, 0.15) is 60.9 Å². The van der Waals surface area contributed by atoms with Gasteiger partial charge in [0.15, 0.2) is 0 Å². The molecule has 2 aromatic heterocycles. The topological polar surface area (TPSA) is 92.0 Å². The maximum Gasteiger partial charge on any atom is 0.340 e. The Morgan fingerprint density at radius 3 is 2.44 bits per heavy atom. The quantitative estimate of drug-likeness (QED) is 0.578. The van der Waals surface area contributed by atoms with Crippen molar-refractivity contribution in [3.8, 4) is 11.3 Å². The summed E-state index contributed by atoms with van der Waals surface area (Å²) in [4.78, 5) is 12.2. The standard InChI is InChI=1S/C23H26FN3O4S/c1-3-27(32(2,30)31)20-14-26-19(13-18(20)15-7-5-4-6-8-15)21(23(28)29)22(25-26)16-9-11-17(24)12-10-16/h9-15H,3-8H2,1-2H3,(H,28,29). The monoisotopic (exact) mass is 459 g/mol. The Labute approximate surface area is 186 Å². The van der Waals surface area contributed by atoms with E-state index < -0.39 is 21.8 Å². The number of anilines is 1. The summed E-state index contributed by atoms with van der Waals surface area (Å²) in [6.07, 6.45) is 7.86. The van der Waals surface area contributed by atoms with Crippen molar-refractivity contribution in [3.05, 3.63) is 53.5 Å². The highest BCUT2D eigenvalue weighted by Gasteiger charge is 2.28. The largest absolute Gasteiger partial charge is 0.478 e. The number of benzene rings is 1. The normalized spacial score (nSPS) is 15.2. The highest BCUT2D eigenvalue weighted by molar-refractivity contribution is 7.92. The number of carboxylic acids is 1. The highest BCUT2D eigenvalue weighted by atomic mass is 32.2. The number of carbonyl (C=O) groups is 1. The molecule has 0 bridgehead atoms. The number of hydrogen-bond donors (Lipinski definition) is 1. The van der Waals surface area contributed by atoms with Gasteiger partial charge in [0.25, 0.3) is 0 Å². The van der Waals surface area contributed by atoms with Crippen molar-refractivity contribution >= 4 is 27.2 Å². The maximum atomic E-state index is 13.4. The fourth-order valence-electron chi connectivity index (χ4n) is 4.65. The Balaban J connectivity index is 2.00. The first kappa shape index (κ1) is 22.3. The van der Waals surface area contributed by atoms with E-state index in [2.05, 4.69) is 5.10 Å². The summed E-state index contributed by atoms with van der Waals surface area (Å²) in [5.74, 6) is -1.43.